The van der Waals surface area contributed by atoms with Crippen LogP contribution in [0.4, 0.5) is 14.5 Å². The first kappa shape index (κ1) is 32.1. The molecule has 0 bridgehead atoms. The number of aryl methyl sites for hydroxylation is 2. The third-order valence-corrected chi connectivity index (χ3v) is 8.56. The molecule has 3 aliphatic heterocycles. The topological polar surface area (TPSA) is 70.5 Å². The third kappa shape index (κ3) is 7.51. The molecule has 5 rings (SSSR count). The van der Waals surface area contributed by atoms with E-state index in [1.165, 1.54) is 0 Å². The van der Waals surface area contributed by atoms with Gasteiger partial charge in [0.05, 0.1) is 12.6 Å². The normalized spacial score (nSPS) is 17.9. The molecule has 1 saturated heterocycles. The highest BCUT2D eigenvalue weighted by Gasteiger charge is 2.34. The van der Waals surface area contributed by atoms with Crippen LogP contribution in [0.1, 0.15) is 34.7 Å². The Kier molecular flexibility index (Phi) is 10.8. The zero-order valence-electron chi connectivity index (χ0n) is 26.2. The monoisotopic (exact) mass is 614 g/mol. The van der Waals surface area contributed by atoms with Gasteiger partial charge in [0.15, 0.2) is 23.3 Å². The van der Waals surface area contributed by atoms with Crippen molar-refractivity contribution in [2.24, 2.45) is 9.98 Å². The van der Waals surface area contributed by atoms with Crippen LogP contribution in [0.3, 0.4) is 0 Å². The fraction of sp³-hybridized carbons (Fsp3) is 0.371. The van der Waals surface area contributed by atoms with Crippen LogP contribution >= 0.6 is 0 Å². The van der Waals surface area contributed by atoms with Crippen LogP contribution in [-0.4, -0.2) is 85.3 Å². The number of benzene rings is 2. The molecule has 0 radical (unpaired) electrons. The van der Waals surface area contributed by atoms with Crippen molar-refractivity contribution in [3.8, 4) is 0 Å². The maximum Gasteiger partial charge on any atom is 0.173 e. The molecule has 0 aromatic heterocycles. The first-order valence-corrected chi connectivity index (χ1v) is 15.7. The fourth-order valence-electron chi connectivity index (χ4n) is 5.99. The summed E-state index contributed by atoms with van der Waals surface area (Å²) in [6, 6.07) is 9.08. The molecule has 1 atom stereocenters. The summed E-state index contributed by atoms with van der Waals surface area (Å²) in [6.45, 7) is 21.9. The predicted molar refractivity (Wildman–Crippen MR) is 181 cm³/mol. The van der Waals surface area contributed by atoms with Crippen LogP contribution in [0.2, 0.25) is 0 Å². The number of anilines is 1. The van der Waals surface area contributed by atoms with Crippen LogP contribution in [0.5, 0.6) is 0 Å². The Labute approximate surface area is 265 Å². The quantitative estimate of drug-likeness (QED) is 0.204. The Morgan fingerprint density at radius 3 is 2.62 bits per heavy atom. The van der Waals surface area contributed by atoms with Gasteiger partial charge in [-0.05, 0) is 49.2 Å². The molecule has 3 N–H and O–H groups in total. The highest BCUT2D eigenvalue weighted by molar-refractivity contribution is 6.45. The number of fused-ring (bicyclic) bond motifs is 1. The largest absolute Gasteiger partial charge is 0.390 e. The minimum Gasteiger partial charge on any atom is -0.390 e. The van der Waals surface area contributed by atoms with Crippen molar-refractivity contribution < 1.29 is 8.78 Å². The Bertz CT molecular complexity index is 1490. The molecule has 238 valence electrons. The highest BCUT2D eigenvalue weighted by Crippen LogP contribution is 2.33. The van der Waals surface area contributed by atoms with Crippen molar-refractivity contribution in [2.45, 2.75) is 25.8 Å². The molecule has 0 aliphatic carbocycles. The fourth-order valence-corrected chi connectivity index (χ4v) is 5.99. The minimum absolute atomic E-state index is 0.285. The molecule has 0 saturated carbocycles. The Morgan fingerprint density at radius 1 is 1.04 bits per heavy atom. The molecular formula is C35H44F2N8. The molecule has 2 aromatic carbocycles. The molecular weight excluding hydrogens is 570 g/mol. The summed E-state index contributed by atoms with van der Waals surface area (Å²) in [5.74, 6) is -0.445. The summed E-state index contributed by atoms with van der Waals surface area (Å²) < 4.78 is 30.0. The summed E-state index contributed by atoms with van der Waals surface area (Å²) in [6.07, 6.45) is 7.85. The van der Waals surface area contributed by atoms with Crippen molar-refractivity contribution in [3.63, 3.8) is 0 Å². The predicted octanol–water partition coefficient (Wildman–Crippen LogP) is 5.05. The van der Waals surface area contributed by atoms with E-state index >= 15 is 4.39 Å². The minimum atomic E-state index is -0.819. The SMILES string of the molecule is C=CCCc1ccc(C2CN=C3C(Nc4ccc(C(=C)N5CCN(CCNCCNC=C)CC5)c(C)c4)=NC=CN32)c(F)c1F. The zero-order valence-corrected chi connectivity index (χ0v) is 26.2. The average molecular weight is 615 g/mol. The smallest absolute Gasteiger partial charge is 0.173 e. The van der Waals surface area contributed by atoms with Gasteiger partial charge in [0.2, 0.25) is 0 Å². The number of rotatable bonds is 14. The summed E-state index contributed by atoms with van der Waals surface area (Å²) in [5, 5.41) is 9.96. The van der Waals surface area contributed by atoms with Crippen LogP contribution in [0.15, 0.2) is 84.7 Å². The molecule has 2 aromatic rings. The molecule has 1 unspecified atom stereocenters. The third-order valence-electron chi connectivity index (χ3n) is 8.56. The molecule has 0 amide bonds. The molecule has 1 fully saturated rings. The van der Waals surface area contributed by atoms with E-state index in [0.29, 0.717) is 36.6 Å². The standard InChI is InChI=1S/C35H44F2N8/c1-5-7-8-27-9-11-30(33(37)32(27)36)31-24-41-35-34(40-16-18-45(31)35)42-28-10-12-29(25(3)23-28)26(4)44-21-19-43(20-22-44)17-15-39-14-13-38-6-2/h5-6,9-12,16,18,23,31,38-39H,1-2,4,7-8,13-15,17,19-22,24H2,3H3,(H,40,42). The van der Waals surface area contributed by atoms with Crippen molar-refractivity contribution in [3.05, 3.63) is 109 Å². The van der Waals surface area contributed by atoms with E-state index in [-0.39, 0.29) is 5.56 Å². The maximum atomic E-state index is 15.2. The number of hydrogen-bond acceptors (Lipinski definition) is 8. The van der Waals surface area contributed by atoms with E-state index in [4.69, 9.17) is 0 Å². The number of halogens is 2. The van der Waals surface area contributed by atoms with Crippen molar-refractivity contribution >= 4 is 23.1 Å². The zero-order chi connectivity index (χ0) is 31.8. The van der Waals surface area contributed by atoms with Crippen LogP contribution in [0, 0.1) is 18.6 Å². The summed E-state index contributed by atoms with van der Waals surface area (Å²) >= 11 is 0. The molecule has 10 heteroatoms. The number of amidine groups is 2. The van der Waals surface area contributed by atoms with Gasteiger partial charge in [-0.2, -0.15) is 0 Å². The van der Waals surface area contributed by atoms with Crippen molar-refractivity contribution in [2.75, 3.05) is 64.2 Å². The number of allylic oxidation sites excluding steroid dienone is 1. The number of nitrogens with zero attached hydrogens (tertiary/aromatic N) is 5. The van der Waals surface area contributed by atoms with E-state index in [0.717, 1.165) is 74.9 Å². The first-order valence-electron chi connectivity index (χ1n) is 15.7. The molecule has 3 aliphatic rings. The van der Waals surface area contributed by atoms with E-state index in [9.17, 15) is 4.39 Å². The van der Waals surface area contributed by atoms with Gasteiger partial charge in [-0.25, -0.2) is 13.8 Å². The van der Waals surface area contributed by atoms with Gasteiger partial charge in [0.25, 0.3) is 0 Å². The molecule has 0 spiro atoms. The molecule has 3 heterocycles. The maximum absolute atomic E-state index is 15.2. The lowest BCUT2D eigenvalue weighted by Gasteiger charge is -2.37. The second kappa shape index (κ2) is 15.1. The number of hydrogen-bond donors (Lipinski definition) is 3. The second-order valence-electron chi connectivity index (χ2n) is 11.5. The molecule has 8 nitrogen and oxygen atoms in total. The Hall–Kier alpha value is -4.28. The van der Waals surface area contributed by atoms with E-state index in [1.54, 1.807) is 36.8 Å². The number of aliphatic imine (C=N–C) groups is 2. The van der Waals surface area contributed by atoms with Gasteiger partial charge in [-0.3, -0.25) is 9.89 Å². The average Bonchev–Trinajstić information content (AvgIpc) is 3.48. The summed E-state index contributed by atoms with van der Waals surface area (Å²) in [4.78, 5) is 15.9. The van der Waals surface area contributed by atoms with Gasteiger partial charge in [0.1, 0.15) is 0 Å². The lowest BCUT2D eigenvalue weighted by atomic mass is 10.0. The van der Waals surface area contributed by atoms with Gasteiger partial charge in [-0.1, -0.05) is 37.4 Å². The second-order valence-corrected chi connectivity index (χ2v) is 11.5. The van der Waals surface area contributed by atoms with Gasteiger partial charge in [0, 0.05) is 87.3 Å². The van der Waals surface area contributed by atoms with Gasteiger partial charge in [-0.15, -0.1) is 6.58 Å². The lowest BCUT2D eigenvalue weighted by molar-refractivity contribution is 0.176. The van der Waals surface area contributed by atoms with E-state index < -0.39 is 17.7 Å². The van der Waals surface area contributed by atoms with Crippen LogP contribution in [-0.2, 0) is 6.42 Å². The first-order chi connectivity index (χ1) is 21.9. The Morgan fingerprint density at radius 2 is 1.87 bits per heavy atom. The molecule has 45 heavy (non-hydrogen) atoms. The highest BCUT2D eigenvalue weighted by atomic mass is 19.2. The summed E-state index contributed by atoms with van der Waals surface area (Å²) in [7, 11) is 0. The van der Waals surface area contributed by atoms with Gasteiger partial charge < -0.3 is 25.8 Å². The van der Waals surface area contributed by atoms with Crippen molar-refractivity contribution in [1.29, 1.82) is 0 Å². The van der Waals surface area contributed by atoms with Crippen LogP contribution in [0.25, 0.3) is 5.70 Å². The number of piperazine rings is 1. The van der Waals surface area contributed by atoms with Crippen LogP contribution < -0.4 is 16.0 Å². The van der Waals surface area contributed by atoms with Crippen molar-refractivity contribution in [1.82, 2.24) is 25.3 Å². The van der Waals surface area contributed by atoms with E-state index in [1.807, 2.05) is 11.0 Å². The number of nitrogens with one attached hydrogen (secondary N) is 3. The van der Waals surface area contributed by atoms with Gasteiger partial charge >= 0.3 is 0 Å². The van der Waals surface area contributed by atoms with E-state index in [2.05, 4.69) is 74.5 Å². The summed E-state index contributed by atoms with van der Waals surface area (Å²) in [5.41, 5.74) is 4.76. The lowest BCUT2D eigenvalue weighted by Crippen LogP contribution is -2.47. The Balaban J connectivity index is 1.16.